The van der Waals surface area contributed by atoms with Crippen molar-refractivity contribution in [2.24, 2.45) is 11.8 Å². The fraction of sp³-hybridized carbons (Fsp3) is 0.500. The van der Waals surface area contributed by atoms with Gasteiger partial charge >= 0.3 is 0 Å². The number of rotatable bonds is 7. The van der Waals surface area contributed by atoms with Crippen molar-refractivity contribution in [1.29, 1.82) is 0 Å². The van der Waals surface area contributed by atoms with Gasteiger partial charge in [-0.3, -0.25) is 4.90 Å². The lowest BCUT2D eigenvalue weighted by molar-refractivity contribution is 0.110. The van der Waals surface area contributed by atoms with Gasteiger partial charge in [0.25, 0.3) is 0 Å². The Kier molecular flexibility index (Phi) is 7.23. The van der Waals surface area contributed by atoms with E-state index in [1.165, 1.54) is 29.0 Å². The maximum absolute atomic E-state index is 13.4. The Morgan fingerprint density at radius 3 is 2.50 bits per heavy atom. The summed E-state index contributed by atoms with van der Waals surface area (Å²) >= 11 is 2.00. The van der Waals surface area contributed by atoms with E-state index in [-0.39, 0.29) is 5.82 Å². The minimum Gasteiger partial charge on any atom is -0.293 e. The molecule has 1 fully saturated rings. The average Bonchev–Trinajstić information content (AvgIpc) is 3.15. The molecule has 2 aromatic carbocycles. The molecule has 2 heterocycles. The van der Waals surface area contributed by atoms with Gasteiger partial charge in [-0.1, -0.05) is 39.6 Å². The van der Waals surface area contributed by atoms with Gasteiger partial charge in [-0.15, -0.1) is 0 Å². The fourth-order valence-electron chi connectivity index (χ4n) is 4.49. The molecule has 4 rings (SSSR count). The number of nitrogens with zero attached hydrogens (tertiary/aromatic N) is 4. The molecular weight excluding hydrogens is 419 g/mol. The number of fused-ring (bicyclic) bond motifs is 1. The third kappa shape index (κ3) is 5.19. The van der Waals surface area contributed by atoms with E-state index in [0.717, 1.165) is 42.8 Å². The first-order valence-electron chi connectivity index (χ1n) is 11.7. The quantitative estimate of drug-likeness (QED) is 0.403. The highest BCUT2D eigenvalue weighted by atomic mass is 32.2. The maximum atomic E-state index is 13.4. The van der Waals surface area contributed by atoms with Gasteiger partial charge < -0.3 is 0 Å². The molecule has 4 nitrogen and oxygen atoms in total. The number of hydrogen-bond donors (Lipinski definition) is 0. The molecule has 1 aliphatic heterocycles. The molecule has 0 aliphatic carbocycles. The molecule has 0 N–H and O–H groups in total. The van der Waals surface area contributed by atoms with Crippen LogP contribution in [0, 0.1) is 24.6 Å². The Morgan fingerprint density at radius 2 is 1.81 bits per heavy atom. The Balaban J connectivity index is 1.67. The summed E-state index contributed by atoms with van der Waals surface area (Å²) in [7, 11) is 0. The van der Waals surface area contributed by atoms with E-state index in [4.69, 9.17) is 0 Å². The maximum Gasteiger partial charge on any atom is 0.123 e. The first-order valence-corrected chi connectivity index (χ1v) is 12.6. The standard InChI is InChI=1S/C26H35FN4S/c1-18(2)15-29-10-11-30(32-17-19(3)4)16-26(29)24-13-21-14-28-31(25(21)12-20(24)5)23-8-6-22(27)7-9-23/h6-9,12-14,18-19,26H,10-11,15-17H2,1-5H3. The second kappa shape index (κ2) is 9.94. The van der Waals surface area contributed by atoms with Crippen molar-refractivity contribution >= 4 is 22.9 Å². The molecule has 0 spiro atoms. The number of hydrogen-bond acceptors (Lipinski definition) is 4. The van der Waals surface area contributed by atoms with E-state index in [1.807, 2.05) is 22.8 Å². The molecule has 1 unspecified atom stereocenters. The summed E-state index contributed by atoms with van der Waals surface area (Å²) in [5.74, 6) is 2.27. The van der Waals surface area contributed by atoms with Crippen LogP contribution in [0.5, 0.6) is 0 Å². The molecular formula is C26H35FN4S. The van der Waals surface area contributed by atoms with Gasteiger partial charge in [0.2, 0.25) is 0 Å². The Hall–Kier alpha value is -1.89. The van der Waals surface area contributed by atoms with Crippen LogP contribution in [0.15, 0.2) is 42.6 Å². The molecule has 1 saturated heterocycles. The molecule has 172 valence electrons. The van der Waals surface area contributed by atoms with Crippen molar-refractivity contribution in [2.45, 2.75) is 40.7 Å². The summed E-state index contributed by atoms with van der Waals surface area (Å²) in [6.07, 6.45) is 1.93. The van der Waals surface area contributed by atoms with Crippen molar-refractivity contribution in [2.75, 3.05) is 31.9 Å². The van der Waals surface area contributed by atoms with Gasteiger partial charge in [0.05, 0.1) is 17.4 Å². The molecule has 0 bridgehead atoms. The molecule has 0 radical (unpaired) electrons. The number of piperazine rings is 1. The number of halogens is 1. The molecule has 1 aliphatic rings. The van der Waals surface area contributed by atoms with Crippen LogP contribution in [0.3, 0.4) is 0 Å². The van der Waals surface area contributed by atoms with E-state index in [0.29, 0.717) is 17.9 Å². The highest BCUT2D eigenvalue weighted by molar-refractivity contribution is 7.97. The normalized spacial score (nSPS) is 18.3. The summed E-state index contributed by atoms with van der Waals surface area (Å²) in [5, 5.41) is 5.75. The van der Waals surface area contributed by atoms with Crippen LogP contribution >= 0.6 is 11.9 Å². The van der Waals surface area contributed by atoms with Gasteiger partial charge in [0.1, 0.15) is 5.82 Å². The summed E-state index contributed by atoms with van der Waals surface area (Å²) in [5.41, 5.74) is 4.63. The second-order valence-corrected chi connectivity index (χ2v) is 10.9. The molecule has 1 aromatic heterocycles. The third-order valence-electron chi connectivity index (χ3n) is 6.03. The molecule has 1 atom stereocenters. The van der Waals surface area contributed by atoms with Crippen LogP contribution in [0.2, 0.25) is 0 Å². The number of benzene rings is 2. The van der Waals surface area contributed by atoms with Crippen molar-refractivity contribution in [3.8, 4) is 5.69 Å². The molecule has 32 heavy (non-hydrogen) atoms. The molecule has 0 amide bonds. The lowest BCUT2D eigenvalue weighted by atomic mass is 9.96. The highest BCUT2D eigenvalue weighted by Crippen LogP contribution is 2.34. The minimum atomic E-state index is -0.230. The van der Waals surface area contributed by atoms with Gasteiger partial charge in [-0.2, -0.15) is 5.10 Å². The Bertz CT molecular complexity index is 1040. The highest BCUT2D eigenvalue weighted by Gasteiger charge is 2.30. The topological polar surface area (TPSA) is 24.3 Å². The zero-order chi connectivity index (χ0) is 22.8. The van der Waals surface area contributed by atoms with Crippen molar-refractivity contribution in [3.63, 3.8) is 0 Å². The Labute approximate surface area is 195 Å². The van der Waals surface area contributed by atoms with E-state index >= 15 is 0 Å². The monoisotopic (exact) mass is 454 g/mol. The van der Waals surface area contributed by atoms with Gasteiger partial charge in [-0.25, -0.2) is 13.4 Å². The lowest BCUT2D eigenvalue weighted by Gasteiger charge is -2.42. The fourth-order valence-corrected chi connectivity index (χ4v) is 5.46. The van der Waals surface area contributed by atoms with E-state index < -0.39 is 0 Å². The number of aryl methyl sites for hydroxylation is 1. The van der Waals surface area contributed by atoms with Crippen LogP contribution in [0.1, 0.15) is 44.9 Å². The first kappa shape index (κ1) is 23.3. The third-order valence-corrected chi connectivity index (χ3v) is 7.54. The summed E-state index contributed by atoms with van der Waals surface area (Å²) in [6.45, 7) is 15.8. The average molecular weight is 455 g/mol. The SMILES string of the molecule is Cc1cc2c(cnn2-c2ccc(F)cc2)cc1C1CN(SCC(C)C)CCN1CC(C)C. The predicted octanol–water partition coefficient (Wildman–Crippen LogP) is 6.09. The lowest BCUT2D eigenvalue weighted by Crippen LogP contribution is -2.47. The van der Waals surface area contributed by atoms with Crippen LogP contribution < -0.4 is 0 Å². The summed E-state index contributed by atoms with van der Waals surface area (Å²) in [4.78, 5) is 2.66. The first-order chi connectivity index (χ1) is 15.3. The molecule has 0 saturated carbocycles. The van der Waals surface area contributed by atoms with E-state index in [1.54, 1.807) is 12.1 Å². The van der Waals surface area contributed by atoms with Crippen LogP contribution in [0.4, 0.5) is 4.39 Å². The zero-order valence-corrected chi connectivity index (χ0v) is 20.7. The molecule has 6 heteroatoms. The van der Waals surface area contributed by atoms with Gasteiger partial charge in [0.15, 0.2) is 0 Å². The zero-order valence-electron chi connectivity index (χ0n) is 19.9. The summed E-state index contributed by atoms with van der Waals surface area (Å²) in [6, 6.07) is 11.5. The largest absolute Gasteiger partial charge is 0.293 e. The van der Waals surface area contributed by atoms with Crippen LogP contribution in [0.25, 0.3) is 16.6 Å². The van der Waals surface area contributed by atoms with Crippen LogP contribution in [-0.2, 0) is 0 Å². The van der Waals surface area contributed by atoms with Crippen LogP contribution in [-0.4, -0.2) is 50.9 Å². The number of aromatic nitrogens is 2. The Morgan fingerprint density at radius 1 is 1.06 bits per heavy atom. The minimum absolute atomic E-state index is 0.230. The smallest absolute Gasteiger partial charge is 0.123 e. The second-order valence-electron chi connectivity index (χ2n) is 9.78. The van der Waals surface area contributed by atoms with E-state index in [9.17, 15) is 4.39 Å². The molecule has 3 aromatic rings. The van der Waals surface area contributed by atoms with Crippen molar-refractivity contribution < 1.29 is 4.39 Å². The summed E-state index contributed by atoms with van der Waals surface area (Å²) < 4.78 is 17.9. The van der Waals surface area contributed by atoms with Gasteiger partial charge in [-0.05, 0) is 66.3 Å². The van der Waals surface area contributed by atoms with E-state index in [2.05, 4.69) is 61.1 Å². The predicted molar refractivity (Wildman–Crippen MR) is 134 cm³/mol. The van der Waals surface area contributed by atoms with Crippen molar-refractivity contribution in [3.05, 3.63) is 59.5 Å². The van der Waals surface area contributed by atoms with Gasteiger partial charge in [0, 0.05) is 43.4 Å². The van der Waals surface area contributed by atoms with Crippen molar-refractivity contribution in [1.82, 2.24) is 19.0 Å².